The summed E-state index contributed by atoms with van der Waals surface area (Å²) >= 11 is 1.54. The van der Waals surface area contributed by atoms with Gasteiger partial charge in [-0.2, -0.15) is 0 Å². The summed E-state index contributed by atoms with van der Waals surface area (Å²) in [6.45, 7) is 8.41. The van der Waals surface area contributed by atoms with Crippen LogP contribution in [0.2, 0.25) is 0 Å². The Balaban J connectivity index is 2.54. The van der Waals surface area contributed by atoms with Gasteiger partial charge in [-0.3, -0.25) is 4.79 Å². The molecule has 19 heavy (non-hydrogen) atoms. The summed E-state index contributed by atoms with van der Waals surface area (Å²) in [6, 6.07) is 0.446. The van der Waals surface area contributed by atoms with Crippen LogP contribution < -0.4 is 11.1 Å². The fraction of sp³-hybridized carbons (Fsp3) is 0.750. The van der Waals surface area contributed by atoms with Gasteiger partial charge in [0.1, 0.15) is 5.82 Å². The van der Waals surface area contributed by atoms with E-state index in [0.717, 1.165) is 11.0 Å². The number of amides is 1. The average Bonchev–Trinajstić information content (AvgIpc) is 2.71. The summed E-state index contributed by atoms with van der Waals surface area (Å²) < 4.78 is 2.02. The van der Waals surface area contributed by atoms with Gasteiger partial charge in [-0.1, -0.05) is 11.8 Å². The van der Waals surface area contributed by atoms with E-state index < -0.39 is 0 Å². The normalized spacial score (nSPS) is 11.3. The van der Waals surface area contributed by atoms with Gasteiger partial charge in [-0.05, 0) is 27.7 Å². The molecule has 0 aromatic carbocycles. The highest BCUT2D eigenvalue weighted by molar-refractivity contribution is 7.99. The first-order valence-electron chi connectivity index (χ1n) is 6.51. The zero-order valence-electron chi connectivity index (χ0n) is 12.0. The van der Waals surface area contributed by atoms with E-state index in [9.17, 15) is 4.79 Å². The molecule has 1 heterocycles. The molecule has 6 nitrogen and oxygen atoms in total. The zero-order chi connectivity index (χ0) is 14.4. The van der Waals surface area contributed by atoms with Crippen molar-refractivity contribution in [1.82, 2.24) is 20.1 Å². The average molecular weight is 285 g/mol. The molecule has 1 rings (SSSR count). The molecule has 0 radical (unpaired) electrons. The molecule has 0 unspecified atom stereocenters. The number of hydrogen-bond donors (Lipinski definition) is 2. The smallest absolute Gasteiger partial charge is 0.221 e. The Morgan fingerprint density at radius 2 is 2.05 bits per heavy atom. The van der Waals surface area contributed by atoms with Crippen LogP contribution in [-0.2, 0) is 11.3 Å². The van der Waals surface area contributed by atoms with Crippen molar-refractivity contribution in [3.8, 4) is 0 Å². The van der Waals surface area contributed by atoms with E-state index in [2.05, 4.69) is 29.4 Å². The topological polar surface area (TPSA) is 85.8 Å². The molecule has 0 fully saturated rings. The molecule has 0 aliphatic rings. The molecule has 0 saturated carbocycles. The van der Waals surface area contributed by atoms with Gasteiger partial charge in [-0.25, -0.2) is 0 Å². The molecule has 3 N–H and O–H groups in total. The van der Waals surface area contributed by atoms with E-state index in [0.29, 0.717) is 18.7 Å². The van der Waals surface area contributed by atoms with Crippen molar-refractivity contribution in [3.63, 3.8) is 0 Å². The Morgan fingerprint density at radius 1 is 1.37 bits per heavy atom. The zero-order valence-corrected chi connectivity index (χ0v) is 12.8. The highest BCUT2D eigenvalue weighted by Gasteiger charge is 2.14. The first-order chi connectivity index (χ1) is 8.95. The quantitative estimate of drug-likeness (QED) is 0.738. The highest BCUT2D eigenvalue weighted by atomic mass is 32.2. The second-order valence-electron chi connectivity index (χ2n) is 4.89. The van der Waals surface area contributed by atoms with Gasteiger partial charge in [-0.15, -0.1) is 10.2 Å². The maximum absolute atomic E-state index is 11.5. The summed E-state index contributed by atoms with van der Waals surface area (Å²) in [5.74, 6) is 1.54. The Bertz CT molecular complexity index is 416. The van der Waals surface area contributed by atoms with Crippen LogP contribution in [0.3, 0.4) is 0 Å². The number of hydrogen-bond acceptors (Lipinski definition) is 5. The van der Waals surface area contributed by atoms with Gasteiger partial charge < -0.3 is 15.6 Å². The van der Waals surface area contributed by atoms with Crippen LogP contribution in [-0.4, -0.2) is 32.5 Å². The van der Waals surface area contributed by atoms with E-state index >= 15 is 0 Å². The molecule has 7 heteroatoms. The predicted molar refractivity (Wildman–Crippen MR) is 76.9 cm³/mol. The van der Waals surface area contributed by atoms with Crippen LogP contribution in [0.1, 0.15) is 46.0 Å². The third kappa shape index (κ3) is 4.83. The van der Waals surface area contributed by atoms with Crippen molar-refractivity contribution in [2.45, 2.75) is 57.9 Å². The Hall–Kier alpha value is -1.08. The number of nitrogens with one attached hydrogen (secondary N) is 1. The number of thioether (sulfide) groups is 1. The van der Waals surface area contributed by atoms with Gasteiger partial charge in [0.15, 0.2) is 5.16 Å². The monoisotopic (exact) mass is 285 g/mol. The SMILES string of the molecule is CC(C)NC(=O)CCSc1nnc(CN)n1C(C)C. The number of rotatable bonds is 7. The first kappa shape index (κ1) is 16.0. The molecule has 108 valence electrons. The highest BCUT2D eigenvalue weighted by Crippen LogP contribution is 2.21. The predicted octanol–water partition coefficient (Wildman–Crippen LogP) is 1.32. The van der Waals surface area contributed by atoms with Crippen molar-refractivity contribution in [1.29, 1.82) is 0 Å². The molecular formula is C12H23N5OS. The lowest BCUT2D eigenvalue weighted by Gasteiger charge is -2.12. The van der Waals surface area contributed by atoms with Crippen LogP contribution in [0.15, 0.2) is 5.16 Å². The Morgan fingerprint density at radius 3 is 2.58 bits per heavy atom. The number of aromatic nitrogens is 3. The van der Waals surface area contributed by atoms with E-state index in [1.165, 1.54) is 11.8 Å². The number of nitrogens with zero attached hydrogens (tertiary/aromatic N) is 3. The Labute approximate surface area is 118 Å². The lowest BCUT2D eigenvalue weighted by Crippen LogP contribution is -2.30. The molecular weight excluding hydrogens is 262 g/mol. The number of carbonyl (C=O) groups excluding carboxylic acids is 1. The van der Waals surface area contributed by atoms with Gasteiger partial charge in [0.05, 0.1) is 6.54 Å². The molecule has 1 aromatic heterocycles. The lowest BCUT2D eigenvalue weighted by atomic mass is 10.3. The van der Waals surface area contributed by atoms with Crippen LogP contribution in [0.5, 0.6) is 0 Å². The van der Waals surface area contributed by atoms with Crippen LogP contribution in [0.25, 0.3) is 0 Å². The standard InChI is InChI=1S/C12H23N5OS/c1-8(2)14-11(18)5-6-19-12-16-15-10(7-13)17(12)9(3)4/h8-9H,5-7,13H2,1-4H3,(H,14,18). The maximum Gasteiger partial charge on any atom is 0.221 e. The van der Waals surface area contributed by atoms with Crippen molar-refractivity contribution < 1.29 is 4.79 Å². The number of carbonyl (C=O) groups is 1. The summed E-state index contributed by atoms with van der Waals surface area (Å²) in [5, 5.41) is 11.9. The molecule has 0 bridgehead atoms. The summed E-state index contributed by atoms with van der Waals surface area (Å²) in [5.41, 5.74) is 5.64. The van der Waals surface area contributed by atoms with Gasteiger partial charge in [0.25, 0.3) is 0 Å². The largest absolute Gasteiger partial charge is 0.354 e. The van der Waals surface area contributed by atoms with Gasteiger partial charge >= 0.3 is 0 Å². The van der Waals surface area contributed by atoms with Crippen molar-refractivity contribution in [3.05, 3.63) is 5.82 Å². The summed E-state index contributed by atoms with van der Waals surface area (Å²) in [7, 11) is 0. The lowest BCUT2D eigenvalue weighted by molar-refractivity contribution is -0.121. The second-order valence-corrected chi connectivity index (χ2v) is 5.95. The van der Waals surface area contributed by atoms with Crippen molar-refractivity contribution in [2.24, 2.45) is 5.73 Å². The first-order valence-corrected chi connectivity index (χ1v) is 7.50. The maximum atomic E-state index is 11.5. The minimum absolute atomic E-state index is 0.0668. The second kappa shape index (κ2) is 7.49. The van der Waals surface area contributed by atoms with Crippen LogP contribution in [0, 0.1) is 0 Å². The van der Waals surface area contributed by atoms with Crippen molar-refractivity contribution in [2.75, 3.05) is 5.75 Å². The molecule has 1 amide bonds. The minimum atomic E-state index is 0.0668. The molecule has 0 aliphatic carbocycles. The molecule has 0 spiro atoms. The molecule has 0 aliphatic heterocycles. The molecule has 0 saturated heterocycles. The van der Waals surface area contributed by atoms with Crippen LogP contribution in [0.4, 0.5) is 0 Å². The van der Waals surface area contributed by atoms with E-state index in [-0.39, 0.29) is 18.0 Å². The minimum Gasteiger partial charge on any atom is -0.354 e. The molecule has 1 aromatic rings. The van der Waals surface area contributed by atoms with Gasteiger partial charge in [0.2, 0.25) is 5.91 Å². The Kier molecular flexibility index (Phi) is 6.30. The summed E-state index contributed by atoms with van der Waals surface area (Å²) in [6.07, 6.45) is 0.478. The van der Waals surface area contributed by atoms with Crippen molar-refractivity contribution >= 4 is 17.7 Å². The van der Waals surface area contributed by atoms with E-state index in [1.807, 2.05) is 18.4 Å². The summed E-state index contributed by atoms with van der Waals surface area (Å²) in [4.78, 5) is 11.5. The van der Waals surface area contributed by atoms with E-state index in [4.69, 9.17) is 5.73 Å². The van der Waals surface area contributed by atoms with E-state index in [1.54, 1.807) is 0 Å². The fourth-order valence-electron chi connectivity index (χ4n) is 1.69. The fourth-order valence-corrected chi connectivity index (χ4v) is 2.72. The van der Waals surface area contributed by atoms with Gasteiger partial charge in [0, 0.05) is 24.3 Å². The third-order valence-electron chi connectivity index (χ3n) is 2.44. The molecule has 0 atom stereocenters. The third-order valence-corrected chi connectivity index (χ3v) is 3.39. The number of nitrogens with two attached hydrogens (primary N) is 1. The van der Waals surface area contributed by atoms with Crippen LogP contribution >= 0.6 is 11.8 Å².